The summed E-state index contributed by atoms with van der Waals surface area (Å²) in [6, 6.07) is 15.3. The second kappa shape index (κ2) is 9.66. The normalized spacial score (nSPS) is 17.1. The van der Waals surface area contributed by atoms with Crippen molar-refractivity contribution in [3.05, 3.63) is 89.9 Å². The Morgan fingerprint density at radius 2 is 1.78 bits per heavy atom. The molecule has 0 bridgehead atoms. The average Bonchev–Trinajstić information content (AvgIpc) is 3.70. The lowest BCUT2D eigenvalue weighted by atomic mass is 9.75. The zero-order valence-electron chi connectivity index (χ0n) is 20.4. The summed E-state index contributed by atoms with van der Waals surface area (Å²) in [6.45, 7) is 6.77. The number of aliphatic carboxylic acids is 1. The van der Waals surface area contributed by atoms with Gasteiger partial charge in [0.2, 0.25) is 0 Å². The third kappa shape index (κ3) is 4.07. The first-order valence-corrected chi connectivity index (χ1v) is 12.7. The van der Waals surface area contributed by atoms with Crippen LogP contribution in [0.2, 0.25) is 0 Å². The second-order valence-corrected chi connectivity index (χ2v) is 10.7. The van der Waals surface area contributed by atoms with E-state index in [0.29, 0.717) is 28.1 Å². The molecule has 3 aromatic rings. The quantitative estimate of drug-likeness (QED) is 0.258. The van der Waals surface area contributed by atoms with Gasteiger partial charge in [-0.15, -0.1) is 4.52 Å². The lowest BCUT2D eigenvalue weighted by Gasteiger charge is -2.35. The van der Waals surface area contributed by atoms with Crippen LogP contribution in [0, 0.1) is 12.7 Å². The molecule has 1 aliphatic rings. The topological polar surface area (TPSA) is 96.7 Å². The number of benzene rings is 2. The molecule has 6 nitrogen and oxygen atoms in total. The van der Waals surface area contributed by atoms with E-state index >= 15 is 0 Å². The Labute approximate surface area is 210 Å². The van der Waals surface area contributed by atoms with Crippen LogP contribution in [0.3, 0.4) is 0 Å². The van der Waals surface area contributed by atoms with Crippen molar-refractivity contribution in [3.63, 3.8) is 0 Å². The Morgan fingerprint density at radius 1 is 1.17 bits per heavy atom. The number of rotatable bonds is 9. The lowest BCUT2D eigenvalue weighted by molar-refractivity contribution is -0.146. The molecule has 8 heteroatoms. The number of halogens is 1. The minimum atomic E-state index is -2.94. The molecular weight excluding hydrogens is 480 g/mol. The minimum absolute atomic E-state index is 0.0227. The van der Waals surface area contributed by atoms with Gasteiger partial charge in [0.1, 0.15) is 5.82 Å². The molecule has 186 valence electrons. The van der Waals surface area contributed by atoms with E-state index in [1.165, 1.54) is 19.1 Å². The molecule has 1 heterocycles. The molecule has 0 saturated heterocycles. The standard InChI is InChI=1S/C28H27FNO5P/c1-5-28(26(31)32,36(34)35-4)27(3,33)23-22(18-13-15-21(29)16-14-18)17(2)24(19-9-7-6-8-10-19)30-25(23)20-11-12-20/h5-10,13-16,20,33H,1,11-12H2,2-4H3/p+1. The van der Waals surface area contributed by atoms with Gasteiger partial charge in [0, 0.05) is 17.0 Å². The van der Waals surface area contributed by atoms with Crippen LogP contribution >= 0.6 is 8.03 Å². The van der Waals surface area contributed by atoms with Gasteiger partial charge in [-0.2, -0.15) is 0 Å². The molecule has 1 aliphatic carbocycles. The summed E-state index contributed by atoms with van der Waals surface area (Å²) in [6.07, 6.45) is 2.59. The average molecular weight is 509 g/mol. The summed E-state index contributed by atoms with van der Waals surface area (Å²) in [4.78, 5) is 17.6. The monoisotopic (exact) mass is 508 g/mol. The van der Waals surface area contributed by atoms with Gasteiger partial charge >= 0.3 is 19.2 Å². The van der Waals surface area contributed by atoms with Gasteiger partial charge in [0.25, 0.3) is 0 Å². The first kappa shape index (κ1) is 25.8. The van der Waals surface area contributed by atoms with Gasteiger partial charge in [-0.1, -0.05) is 49.0 Å². The van der Waals surface area contributed by atoms with E-state index in [1.54, 1.807) is 12.1 Å². The summed E-state index contributed by atoms with van der Waals surface area (Å²) in [5.74, 6) is -1.99. The molecule has 2 aromatic carbocycles. The molecule has 0 radical (unpaired) electrons. The van der Waals surface area contributed by atoms with E-state index < -0.39 is 30.6 Å². The molecular formula is C28H28FNO5P+. The zero-order chi connectivity index (χ0) is 26.3. The van der Waals surface area contributed by atoms with Gasteiger partial charge in [-0.05, 0) is 66.2 Å². The summed E-state index contributed by atoms with van der Waals surface area (Å²) >= 11 is 0. The first-order valence-electron chi connectivity index (χ1n) is 11.6. The molecule has 3 unspecified atom stereocenters. The van der Waals surface area contributed by atoms with Crippen LogP contribution in [-0.2, 0) is 19.5 Å². The zero-order valence-corrected chi connectivity index (χ0v) is 21.3. The Hall–Kier alpha value is -3.25. The molecule has 1 fully saturated rings. The van der Waals surface area contributed by atoms with E-state index in [9.17, 15) is 24.0 Å². The van der Waals surface area contributed by atoms with Crippen LogP contribution < -0.4 is 0 Å². The number of hydrogen-bond donors (Lipinski definition) is 2. The number of aromatic nitrogens is 1. The molecule has 3 atom stereocenters. The fourth-order valence-electron chi connectivity index (χ4n) is 4.85. The van der Waals surface area contributed by atoms with Gasteiger partial charge < -0.3 is 10.2 Å². The number of carboxylic acids is 1. The number of aliphatic hydroxyl groups is 1. The van der Waals surface area contributed by atoms with Gasteiger partial charge in [0.15, 0.2) is 5.60 Å². The van der Waals surface area contributed by atoms with Gasteiger partial charge in [-0.3, -0.25) is 4.98 Å². The smallest absolute Gasteiger partial charge is 0.477 e. The summed E-state index contributed by atoms with van der Waals surface area (Å²) in [5, 5.41) is 20.1. The molecule has 4 rings (SSSR count). The molecule has 0 spiro atoms. The maximum Gasteiger partial charge on any atom is 0.534 e. The van der Waals surface area contributed by atoms with E-state index in [0.717, 1.165) is 31.6 Å². The number of hydrogen-bond acceptors (Lipinski definition) is 5. The number of carbonyl (C=O) groups is 1. The Balaban J connectivity index is 2.17. The second-order valence-electron chi connectivity index (χ2n) is 9.16. The van der Waals surface area contributed by atoms with Crippen molar-refractivity contribution in [2.45, 2.75) is 43.4 Å². The van der Waals surface area contributed by atoms with Crippen LogP contribution in [0.25, 0.3) is 22.4 Å². The summed E-state index contributed by atoms with van der Waals surface area (Å²) < 4.78 is 32.0. The molecule has 0 amide bonds. The fraction of sp³-hybridized carbons (Fsp3) is 0.286. The van der Waals surface area contributed by atoms with E-state index in [1.807, 2.05) is 37.3 Å². The predicted molar refractivity (Wildman–Crippen MR) is 137 cm³/mol. The van der Waals surface area contributed by atoms with Crippen molar-refractivity contribution >= 4 is 14.0 Å². The van der Waals surface area contributed by atoms with Gasteiger partial charge in [0.05, 0.1) is 18.5 Å². The number of pyridine rings is 1. The van der Waals surface area contributed by atoms with Crippen LogP contribution in [-0.4, -0.2) is 33.4 Å². The summed E-state index contributed by atoms with van der Waals surface area (Å²) in [5.41, 5.74) is 1.79. The third-order valence-electron chi connectivity index (χ3n) is 6.92. The molecule has 36 heavy (non-hydrogen) atoms. The minimum Gasteiger partial charge on any atom is -0.477 e. The Morgan fingerprint density at radius 3 is 2.28 bits per heavy atom. The van der Waals surface area contributed by atoms with Crippen molar-refractivity contribution in [3.8, 4) is 22.4 Å². The predicted octanol–water partition coefficient (Wildman–Crippen LogP) is 6.35. The highest BCUT2D eigenvalue weighted by Gasteiger charge is 2.70. The Bertz CT molecular complexity index is 1340. The van der Waals surface area contributed by atoms with Crippen molar-refractivity contribution in [2.24, 2.45) is 0 Å². The number of nitrogens with zero attached hydrogens (tertiary/aromatic N) is 1. The van der Waals surface area contributed by atoms with E-state index in [4.69, 9.17) is 9.51 Å². The lowest BCUT2D eigenvalue weighted by Crippen LogP contribution is -2.52. The molecule has 2 N–H and O–H groups in total. The van der Waals surface area contributed by atoms with Crippen molar-refractivity contribution in [1.82, 2.24) is 4.98 Å². The van der Waals surface area contributed by atoms with Crippen molar-refractivity contribution in [2.75, 3.05) is 7.11 Å². The highest BCUT2D eigenvalue weighted by Crippen LogP contribution is 2.57. The maximum absolute atomic E-state index is 13.9. The van der Waals surface area contributed by atoms with E-state index in [-0.39, 0.29) is 11.5 Å². The Kier molecular flexibility index (Phi) is 6.93. The van der Waals surface area contributed by atoms with Crippen molar-refractivity contribution in [1.29, 1.82) is 0 Å². The van der Waals surface area contributed by atoms with Crippen LogP contribution in [0.5, 0.6) is 0 Å². The SMILES string of the molecule is C=CC(C(=O)O)([P+](=O)OC)C(C)(O)c1c(C2CC2)nc(-c2ccccc2)c(C)c1-c1ccc(F)cc1. The largest absolute Gasteiger partial charge is 0.534 e. The molecule has 0 aliphatic heterocycles. The highest BCUT2D eigenvalue weighted by atomic mass is 31.1. The van der Waals surface area contributed by atoms with Crippen LogP contribution in [0.4, 0.5) is 4.39 Å². The van der Waals surface area contributed by atoms with Crippen molar-refractivity contribution < 1.29 is 28.5 Å². The van der Waals surface area contributed by atoms with Crippen LogP contribution in [0.1, 0.15) is 42.5 Å². The third-order valence-corrected chi connectivity index (χ3v) is 8.63. The van der Waals surface area contributed by atoms with E-state index in [2.05, 4.69) is 6.58 Å². The fourth-order valence-corrected chi connectivity index (χ4v) is 5.91. The molecule has 1 aromatic heterocycles. The highest BCUT2D eigenvalue weighted by molar-refractivity contribution is 7.43. The maximum atomic E-state index is 13.9. The van der Waals surface area contributed by atoms with Gasteiger partial charge in [-0.25, -0.2) is 9.18 Å². The number of carboxylic acid groups (broad SMARTS) is 1. The van der Waals surface area contributed by atoms with Crippen LogP contribution in [0.15, 0.2) is 67.3 Å². The molecule has 1 saturated carbocycles. The summed E-state index contributed by atoms with van der Waals surface area (Å²) in [7, 11) is -1.82. The first-order chi connectivity index (χ1) is 17.1.